The van der Waals surface area contributed by atoms with Crippen molar-refractivity contribution in [2.45, 2.75) is 0 Å². The summed E-state index contributed by atoms with van der Waals surface area (Å²) < 4.78 is 0. The molecule has 1 heterocycles. The first-order valence-electron chi connectivity index (χ1n) is 4.56. The lowest BCUT2D eigenvalue weighted by molar-refractivity contribution is 0.0853. The second kappa shape index (κ2) is 3.27. The van der Waals surface area contributed by atoms with Crippen LogP contribution < -0.4 is 5.73 Å². The van der Waals surface area contributed by atoms with Crippen LogP contribution in [0, 0.1) is 0 Å². The maximum atomic E-state index is 11.8. The van der Waals surface area contributed by atoms with E-state index >= 15 is 0 Å². The first-order valence-corrected chi connectivity index (χ1v) is 4.56. The molecule has 3 nitrogen and oxygen atoms in total. The molecule has 0 unspecified atom stereocenters. The van der Waals surface area contributed by atoms with Crippen molar-refractivity contribution in [2.75, 3.05) is 13.1 Å². The van der Waals surface area contributed by atoms with Gasteiger partial charge in [0.25, 0.3) is 5.91 Å². The number of fused-ring (bicyclic) bond motifs is 1. The van der Waals surface area contributed by atoms with Gasteiger partial charge in [0.1, 0.15) is 0 Å². The molecule has 2 rings (SSSR count). The highest BCUT2D eigenvalue weighted by Gasteiger charge is 2.29. The van der Waals surface area contributed by atoms with E-state index < -0.39 is 0 Å². The maximum absolute atomic E-state index is 11.8. The molecule has 72 valence electrons. The molecule has 1 aliphatic rings. The summed E-state index contributed by atoms with van der Waals surface area (Å²) in [5.41, 5.74) is 7.84. The van der Waals surface area contributed by atoms with E-state index in [1.807, 2.05) is 24.3 Å². The van der Waals surface area contributed by atoms with Crippen molar-refractivity contribution in [2.24, 2.45) is 5.73 Å². The summed E-state index contributed by atoms with van der Waals surface area (Å²) in [7, 11) is 0. The third kappa shape index (κ3) is 1.14. The Morgan fingerprint density at radius 3 is 2.50 bits per heavy atom. The van der Waals surface area contributed by atoms with E-state index in [1.165, 1.54) is 0 Å². The Morgan fingerprint density at radius 2 is 1.93 bits per heavy atom. The summed E-state index contributed by atoms with van der Waals surface area (Å²) in [5.74, 6) is 0.0102. The van der Waals surface area contributed by atoms with Crippen molar-refractivity contribution in [3.8, 4) is 0 Å². The molecule has 3 heteroatoms. The third-order valence-corrected chi connectivity index (χ3v) is 2.39. The summed E-state index contributed by atoms with van der Waals surface area (Å²) in [6.07, 6.45) is 0. The largest absolute Gasteiger partial charge is 0.329 e. The molecule has 0 saturated heterocycles. The Labute approximate surface area is 82.8 Å². The third-order valence-electron chi connectivity index (χ3n) is 2.39. The number of benzene rings is 1. The predicted octanol–water partition coefficient (Wildman–Crippen LogP) is 1.07. The molecular formula is C11H12N2O. The summed E-state index contributed by atoms with van der Waals surface area (Å²) in [5, 5.41) is 0. The molecule has 0 aromatic heterocycles. The van der Waals surface area contributed by atoms with Gasteiger partial charge in [0, 0.05) is 29.9 Å². The topological polar surface area (TPSA) is 46.3 Å². The fraction of sp³-hybridized carbons (Fsp3) is 0.182. The molecular weight excluding hydrogens is 176 g/mol. The van der Waals surface area contributed by atoms with Crippen LogP contribution in [0.3, 0.4) is 0 Å². The minimum Gasteiger partial charge on any atom is -0.329 e. The number of hydrogen-bond acceptors (Lipinski definition) is 2. The smallest absolute Gasteiger partial charge is 0.258 e. The minimum absolute atomic E-state index is 0.0102. The van der Waals surface area contributed by atoms with Gasteiger partial charge in [0.05, 0.1) is 0 Å². The number of nitrogens with zero attached hydrogens (tertiary/aromatic N) is 1. The van der Waals surface area contributed by atoms with Gasteiger partial charge in [-0.05, 0) is 6.07 Å². The van der Waals surface area contributed by atoms with E-state index in [2.05, 4.69) is 6.58 Å². The molecule has 2 N–H and O–H groups in total. The van der Waals surface area contributed by atoms with E-state index in [0.717, 1.165) is 16.8 Å². The van der Waals surface area contributed by atoms with Gasteiger partial charge in [-0.3, -0.25) is 4.79 Å². The van der Waals surface area contributed by atoms with Gasteiger partial charge >= 0.3 is 0 Å². The molecule has 1 aliphatic heterocycles. The SMILES string of the molecule is C=C1c2ccccc2C(=O)N1CCN. The van der Waals surface area contributed by atoms with Gasteiger partial charge in [-0.1, -0.05) is 24.8 Å². The zero-order chi connectivity index (χ0) is 10.1. The first-order chi connectivity index (χ1) is 6.75. The lowest BCUT2D eigenvalue weighted by Gasteiger charge is -2.15. The van der Waals surface area contributed by atoms with Gasteiger partial charge in [0.15, 0.2) is 0 Å². The van der Waals surface area contributed by atoms with Crippen molar-refractivity contribution >= 4 is 11.6 Å². The van der Waals surface area contributed by atoms with E-state index in [4.69, 9.17) is 5.73 Å². The van der Waals surface area contributed by atoms with Crippen LogP contribution in [0.1, 0.15) is 15.9 Å². The van der Waals surface area contributed by atoms with Crippen LogP contribution in [-0.4, -0.2) is 23.9 Å². The average molecular weight is 188 g/mol. The number of carbonyl (C=O) groups is 1. The number of rotatable bonds is 2. The quantitative estimate of drug-likeness (QED) is 0.754. The van der Waals surface area contributed by atoms with Crippen LogP contribution >= 0.6 is 0 Å². The molecule has 1 aromatic carbocycles. The van der Waals surface area contributed by atoms with Crippen molar-refractivity contribution in [1.29, 1.82) is 0 Å². The Bertz CT molecular complexity index is 363. The Kier molecular flexibility index (Phi) is 2.09. The standard InChI is InChI=1S/C11H12N2O/c1-8-9-4-2-3-5-10(9)11(14)13(8)7-6-12/h2-5H,1,6-7,12H2. The highest BCUT2D eigenvalue weighted by Crippen LogP contribution is 2.30. The fourth-order valence-electron chi connectivity index (χ4n) is 1.70. The zero-order valence-electron chi connectivity index (χ0n) is 7.86. The summed E-state index contributed by atoms with van der Waals surface area (Å²) in [4.78, 5) is 13.4. The lowest BCUT2D eigenvalue weighted by Crippen LogP contribution is -2.28. The second-order valence-corrected chi connectivity index (χ2v) is 3.24. The Hall–Kier alpha value is -1.61. The molecule has 0 aliphatic carbocycles. The number of hydrogen-bond donors (Lipinski definition) is 1. The Morgan fingerprint density at radius 1 is 1.29 bits per heavy atom. The van der Waals surface area contributed by atoms with Gasteiger partial charge in [-0.25, -0.2) is 0 Å². The zero-order valence-corrected chi connectivity index (χ0v) is 7.86. The van der Waals surface area contributed by atoms with Crippen LogP contribution in [0.4, 0.5) is 0 Å². The van der Waals surface area contributed by atoms with Crippen LogP contribution in [0.25, 0.3) is 5.70 Å². The van der Waals surface area contributed by atoms with Crippen LogP contribution in [-0.2, 0) is 0 Å². The predicted molar refractivity (Wildman–Crippen MR) is 55.6 cm³/mol. The molecule has 0 bridgehead atoms. The maximum Gasteiger partial charge on any atom is 0.258 e. The summed E-state index contributed by atoms with van der Waals surface area (Å²) in [6, 6.07) is 7.49. The highest BCUT2D eigenvalue weighted by atomic mass is 16.2. The number of nitrogens with two attached hydrogens (primary N) is 1. The number of carbonyl (C=O) groups excluding carboxylic acids is 1. The van der Waals surface area contributed by atoms with Gasteiger partial charge in [0.2, 0.25) is 0 Å². The monoisotopic (exact) mass is 188 g/mol. The molecule has 0 saturated carbocycles. The first kappa shape index (κ1) is 8.97. The van der Waals surface area contributed by atoms with Crippen molar-refractivity contribution in [3.05, 3.63) is 42.0 Å². The molecule has 0 atom stereocenters. The van der Waals surface area contributed by atoms with Gasteiger partial charge < -0.3 is 10.6 Å². The van der Waals surface area contributed by atoms with E-state index in [0.29, 0.717) is 13.1 Å². The second-order valence-electron chi connectivity index (χ2n) is 3.24. The van der Waals surface area contributed by atoms with E-state index in [-0.39, 0.29) is 5.91 Å². The van der Waals surface area contributed by atoms with E-state index in [9.17, 15) is 4.79 Å². The Balaban J connectivity index is 2.43. The van der Waals surface area contributed by atoms with Crippen LogP contribution in [0.5, 0.6) is 0 Å². The normalized spacial score (nSPS) is 14.8. The van der Waals surface area contributed by atoms with Crippen LogP contribution in [0.15, 0.2) is 30.8 Å². The highest BCUT2D eigenvalue weighted by molar-refractivity contribution is 6.08. The van der Waals surface area contributed by atoms with Crippen molar-refractivity contribution in [1.82, 2.24) is 4.90 Å². The minimum atomic E-state index is 0.0102. The average Bonchev–Trinajstić information content (AvgIpc) is 2.45. The van der Waals surface area contributed by atoms with Gasteiger partial charge in [-0.15, -0.1) is 0 Å². The summed E-state index contributed by atoms with van der Waals surface area (Å²) >= 11 is 0. The molecule has 1 aromatic rings. The van der Waals surface area contributed by atoms with Crippen LogP contribution in [0.2, 0.25) is 0 Å². The molecule has 14 heavy (non-hydrogen) atoms. The molecule has 1 amide bonds. The van der Waals surface area contributed by atoms with Gasteiger partial charge in [-0.2, -0.15) is 0 Å². The summed E-state index contributed by atoms with van der Waals surface area (Å²) in [6.45, 7) is 4.89. The lowest BCUT2D eigenvalue weighted by atomic mass is 10.1. The molecule has 0 fully saturated rings. The van der Waals surface area contributed by atoms with Crippen molar-refractivity contribution < 1.29 is 4.79 Å². The van der Waals surface area contributed by atoms with E-state index in [1.54, 1.807) is 4.90 Å². The van der Waals surface area contributed by atoms with Crippen molar-refractivity contribution in [3.63, 3.8) is 0 Å². The molecule has 0 spiro atoms. The number of amides is 1. The fourth-order valence-corrected chi connectivity index (χ4v) is 1.70. The molecule has 0 radical (unpaired) electrons.